The van der Waals surface area contributed by atoms with Gasteiger partial charge >= 0.3 is 0 Å². The van der Waals surface area contributed by atoms with Gasteiger partial charge < -0.3 is 9.73 Å². The van der Waals surface area contributed by atoms with Crippen molar-refractivity contribution in [3.05, 3.63) is 47.2 Å². The average molecular weight is 265 g/mol. The molecule has 0 aliphatic heterocycles. The molecule has 2 aromatic rings. The zero-order valence-corrected chi connectivity index (χ0v) is 11.6. The van der Waals surface area contributed by atoms with E-state index in [4.69, 9.17) is 16.0 Å². The van der Waals surface area contributed by atoms with Crippen LogP contribution in [-0.2, 0) is 6.54 Å². The summed E-state index contributed by atoms with van der Waals surface area (Å²) in [6.45, 7) is 5.31. The van der Waals surface area contributed by atoms with Gasteiger partial charge in [0.25, 0.3) is 0 Å². The van der Waals surface area contributed by atoms with Crippen molar-refractivity contribution in [2.24, 2.45) is 0 Å². The van der Waals surface area contributed by atoms with Gasteiger partial charge in [0.1, 0.15) is 12.3 Å². The third-order valence-electron chi connectivity index (χ3n) is 3.16. The van der Waals surface area contributed by atoms with E-state index < -0.39 is 0 Å². The highest BCUT2D eigenvalue weighted by molar-refractivity contribution is 6.30. The summed E-state index contributed by atoms with van der Waals surface area (Å²) in [5, 5.41) is 3.04. The Bertz CT molecular complexity index is 489. The van der Waals surface area contributed by atoms with E-state index in [0.29, 0.717) is 6.04 Å². The van der Waals surface area contributed by atoms with Gasteiger partial charge in [-0.1, -0.05) is 18.5 Å². The van der Waals surface area contributed by atoms with Gasteiger partial charge in [0.15, 0.2) is 5.76 Å². The van der Waals surface area contributed by atoms with Crippen LogP contribution in [-0.4, -0.2) is 6.04 Å². The van der Waals surface area contributed by atoms with Crippen LogP contribution in [0.1, 0.15) is 26.0 Å². The maximum absolute atomic E-state index is 5.87. The van der Waals surface area contributed by atoms with Crippen LogP contribution in [0.2, 0.25) is 5.02 Å². The Balaban J connectivity index is 2.03. The van der Waals surface area contributed by atoms with Crippen molar-refractivity contribution in [3.63, 3.8) is 0 Å². The summed E-state index contributed by atoms with van der Waals surface area (Å²) in [5.41, 5.74) is 1.06. The molecule has 2 N–H and O–H groups in total. The summed E-state index contributed by atoms with van der Waals surface area (Å²) in [5.74, 6) is 1.92. The van der Waals surface area contributed by atoms with Crippen molar-refractivity contribution < 1.29 is 9.73 Å². The molecule has 1 aromatic carbocycles. The molecule has 1 atom stereocenters. The third-order valence-corrected chi connectivity index (χ3v) is 3.41. The highest BCUT2D eigenvalue weighted by Crippen LogP contribution is 2.23. The lowest BCUT2D eigenvalue weighted by Crippen LogP contribution is -2.87. The average Bonchev–Trinajstić information content (AvgIpc) is 2.85. The fraction of sp³-hybridized carbons (Fsp3) is 0.333. The number of hydrogen-bond acceptors (Lipinski definition) is 1. The van der Waals surface area contributed by atoms with E-state index in [0.717, 1.165) is 28.7 Å². The second kappa shape index (κ2) is 6.07. The monoisotopic (exact) mass is 264 g/mol. The van der Waals surface area contributed by atoms with Gasteiger partial charge in [-0.05, 0) is 49.7 Å². The van der Waals surface area contributed by atoms with E-state index in [1.165, 1.54) is 6.42 Å². The molecule has 0 saturated carbocycles. The number of quaternary nitrogens is 1. The van der Waals surface area contributed by atoms with Crippen LogP contribution in [0.15, 0.2) is 40.8 Å². The second-order valence-corrected chi connectivity index (χ2v) is 5.03. The smallest absolute Gasteiger partial charge is 0.158 e. The number of halogens is 1. The Morgan fingerprint density at radius 2 is 1.89 bits per heavy atom. The predicted octanol–water partition coefficient (Wildman–Crippen LogP) is 3.46. The summed E-state index contributed by atoms with van der Waals surface area (Å²) in [4.78, 5) is 0. The Morgan fingerprint density at radius 3 is 2.56 bits per heavy atom. The topological polar surface area (TPSA) is 29.8 Å². The fourth-order valence-electron chi connectivity index (χ4n) is 1.74. The van der Waals surface area contributed by atoms with Crippen molar-refractivity contribution in [2.75, 3.05) is 0 Å². The molecule has 3 heteroatoms. The number of furan rings is 1. The summed E-state index contributed by atoms with van der Waals surface area (Å²) in [7, 11) is 0. The highest BCUT2D eigenvalue weighted by Gasteiger charge is 2.07. The molecular formula is C15H19ClNO+. The second-order valence-electron chi connectivity index (χ2n) is 4.60. The van der Waals surface area contributed by atoms with Crippen molar-refractivity contribution in [3.8, 4) is 11.3 Å². The van der Waals surface area contributed by atoms with Crippen LogP contribution >= 0.6 is 11.6 Å². The molecule has 0 spiro atoms. The molecule has 0 aliphatic rings. The molecule has 2 rings (SSSR count). The third kappa shape index (κ3) is 3.37. The molecule has 0 radical (unpaired) electrons. The van der Waals surface area contributed by atoms with E-state index in [-0.39, 0.29) is 0 Å². The first-order chi connectivity index (χ1) is 8.69. The molecule has 1 aromatic heterocycles. The molecule has 1 heterocycles. The lowest BCUT2D eigenvalue weighted by atomic mass is 10.2. The molecule has 2 nitrogen and oxygen atoms in total. The Morgan fingerprint density at radius 1 is 1.17 bits per heavy atom. The molecule has 0 fully saturated rings. The Hall–Kier alpha value is -1.25. The van der Waals surface area contributed by atoms with E-state index in [1.807, 2.05) is 36.4 Å². The zero-order chi connectivity index (χ0) is 13.0. The SMILES string of the molecule is CC[C@@H](C)[NH2+]Cc1ccc(-c2ccc(Cl)cc2)o1. The molecule has 96 valence electrons. The van der Waals surface area contributed by atoms with Crippen LogP contribution in [0.5, 0.6) is 0 Å². The van der Waals surface area contributed by atoms with Gasteiger partial charge in [-0.25, -0.2) is 0 Å². The van der Waals surface area contributed by atoms with Gasteiger partial charge in [-0.15, -0.1) is 0 Å². The first-order valence-electron chi connectivity index (χ1n) is 6.37. The zero-order valence-electron chi connectivity index (χ0n) is 10.8. The highest BCUT2D eigenvalue weighted by atomic mass is 35.5. The lowest BCUT2D eigenvalue weighted by Gasteiger charge is -2.05. The van der Waals surface area contributed by atoms with Gasteiger partial charge in [-0.2, -0.15) is 0 Å². The molecule has 0 unspecified atom stereocenters. The minimum atomic E-state index is 0.633. The Kier molecular flexibility index (Phi) is 4.45. The van der Waals surface area contributed by atoms with Crippen molar-refractivity contribution >= 4 is 11.6 Å². The van der Waals surface area contributed by atoms with Gasteiger partial charge in [0.2, 0.25) is 0 Å². The standard InChI is InChI=1S/C15H18ClNO/c1-3-11(2)17-10-14-8-9-15(18-14)12-4-6-13(16)7-5-12/h4-9,11,17H,3,10H2,1-2H3/p+1/t11-/m1/s1. The van der Waals surface area contributed by atoms with Gasteiger partial charge in [0.05, 0.1) is 6.04 Å². The maximum Gasteiger partial charge on any atom is 0.158 e. The van der Waals surface area contributed by atoms with E-state index in [1.54, 1.807) is 0 Å². The number of nitrogens with two attached hydrogens (primary N) is 1. The minimum absolute atomic E-state index is 0.633. The van der Waals surface area contributed by atoms with Gasteiger partial charge in [0, 0.05) is 10.6 Å². The van der Waals surface area contributed by atoms with E-state index in [2.05, 4.69) is 19.2 Å². The van der Waals surface area contributed by atoms with Crippen LogP contribution < -0.4 is 5.32 Å². The van der Waals surface area contributed by atoms with Crippen molar-refractivity contribution in [2.45, 2.75) is 32.9 Å². The normalized spacial score (nSPS) is 12.6. The molecular weight excluding hydrogens is 246 g/mol. The van der Waals surface area contributed by atoms with E-state index >= 15 is 0 Å². The van der Waals surface area contributed by atoms with Crippen LogP contribution in [0.3, 0.4) is 0 Å². The molecule has 18 heavy (non-hydrogen) atoms. The van der Waals surface area contributed by atoms with Crippen molar-refractivity contribution in [1.82, 2.24) is 0 Å². The lowest BCUT2D eigenvalue weighted by molar-refractivity contribution is -0.703. The summed E-state index contributed by atoms with van der Waals surface area (Å²) >= 11 is 5.87. The summed E-state index contributed by atoms with van der Waals surface area (Å²) < 4.78 is 5.83. The molecule has 0 saturated heterocycles. The minimum Gasteiger partial charge on any atom is -0.455 e. The summed E-state index contributed by atoms with van der Waals surface area (Å²) in [6.07, 6.45) is 1.17. The first-order valence-corrected chi connectivity index (χ1v) is 6.75. The molecule has 0 bridgehead atoms. The summed E-state index contributed by atoms with van der Waals surface area (Å²) in [6, 6.07) is 12.4. The Labute approximate surface area is 113 Å². The fourth-order valence-corrected chi connectivity index (χ4v) is 1.87. The maximum atomic E-state index is 5.87. The van der Waals surface area contributed by atoms with Gasteiger partial charge in [-0.3, -0.25) is 0 Å². The first kappa shape index (κ1) is 13.2. The molecule has 0 amide bonds. The largest absolute Gasteiger partial charge is 0.455 e. The number of hydrogen-bond donors (Lipinski definition) is 1. The number of rotatable bonds is 5. The van der Waals surface area contributed by atoms with E-state index in [9.17, 15) is 0 Å². The van der Waals surface area contributed by atoms with Crippen LogP contribution in [0.4, 0.5) is 0 Å². The van der Waals surface area contributed by atoms with Crippen LogP contribution in [0.25, 0.3) is 11.3 Å². The molecule has 0 aliphatic carbocycles. The quantitative estimate of drug-likeness (QED) is 0.881. The predicted molar refractivity (Wildman–Crippen MR) is 74.5 cm³/mol. The van der Waals surface area contributed by atoms with Crippen LogP contribution in [0, 0.1) is 0 Å². The number of benzene rings is 1. The van der Waals surface area contributed by atoms with Crippen molar-refractivity contribution in [1.29, 1.82) is 0 Å².